The SMILES string of the molecule is CC(O)CNC(CCCO)C1c2cc(C(O)COc3cc(CCc4cc(CO)c(CCC5CCC6C7CSSCC(N=C(N)NC8CCCC(CCc9ccccc9)C8)C(C)CCC6C(C5)CC7N)o4)ccc3O)[nH]c2C2C=CC13CCCC3C21CCCC1. The molecule has 9 aliphatic rings. The number of nitrogens with one attached hydrogen (secondary N) is 3. The van der Waals surface area contributed by atoms with Crippen molar-refractivity contribution < 1.29 is 34.7 Å². The van der Waals surface area contributed by atoms with Gasteiger partial charge < -0.3 is 61.8 Å². The van der Waals surface area contributed by atoms with E-state index in [2.05, 4.69) is 71.1 Å². The quantitative estimate of drug-likeness (QED) is 0.0144. The number of aliphatic hydroxyl groups excluding tert-OH is 4. The van der Waals surface area contributed by atoms with E-state index in [1.165, 1.54) is 107 Å². The number of phenols is 1. The predicted octanol–water partition coefficient (Wildman–Crippen LogP) is 13.1. The maximum absolute atomic E-state index is 12.0. The summed E-state index contributed by atoms with van der Waals surface area (Å²) in [6.07, 6.45) is 31.1. The van der Waals surface area contributed by atoms with Crippen molar-refractivity contribution in [2.45, 2.75) is 229 Å². The van der Waals surface area contributed by atoms with Gasteiger partial charge in [0, 0.05) is 89.8 Å². The first kappa shape index (κ1) is 65.1. The Labute approximate surface area is 539 Å². The second-order valence-electron chi connectivity index (χ2n) is 29.6. The van der Waals surface area contributed by atoms with E-state index in [0.717, 1.165) is 97.1 Å². The lowest BCUT2D eigenvalue weighted by atomic mass is 9.51. The largest absolute Gasteiger partial charge is 0.504 e. The Morgan fingerprint density at radius 2 is 1.64 bits per heavy atom. The van der Waals surface area contributed by atoms with Crippen molar-refractivity contribution in [2.24, 2.45) is 74.6 Å². The summed E-state index contributed by atoms with van der Waals surface area (Å²) in [5, 5.41) is 61.9. The number of benzene rings is 2. The average Bonchev–Trinajstić information content (AvgIpc) is 1.54. The number of furan rings is 1. The zero-order chi connectivity index (χ0) is 61.7. The van der Waals surface area contributed by atoms with Crippen molar-refractivity contribution in [3.63, 3.8) is 0 Å². The summed E-state index contributed by atoms with van der Waals surface area (Å²) >= 11 is 0. The second kappa shape index (κ2) is 29.6. The summed E-state index contributed by atoms with van der Waals surface area (Å²) in [6.45, 7) is 4.75. The Kier molecular flexibility index (Phi) is 21.6. The molecule has 5 saturated carbocycles. The van der Waals surface area contributed by atoms with Crippen molar-refractivity contribution in [1.82, 2.24) is 15.6 Å². The van der Waals surface area contributed by atoms with Crippen LogP contribution in [0.5, 0.6) is 11.5 Å². The van der Waals surface area contributed by atoms with E-state index in [1.807, 2.05) is 46.7 Å². The number of nitrogens with zero attached hydrogens (tertiary/aromatic N) is 1. The Morgan fingerprint density at radius 3 is 2.46 bits per heavy atom. The fourth-order valence-corrected chi connectivity index (χ4v) is 22.6. The number of aliphatic hydroxyl groups is 4. The van der Waals surface area contributed by atoms with E-state index in [4.69, 9.17) is 25.6 Å². The number of hydrogen-bond acceptors (Lipinski definition) is 12. The molecule has 89 heavy (non-hydrogen) atoms. The van der Waals surface area contributed by atoms with Gasteiger partial charge in [0.2, 0.25) is 0 Å². The fraction of sp³-hybridized carbons (Fsp3) is 0.689. The van der Waals surface area contributed by atoms with Gasteiger partial charge in [0.05, 0.1) is 18.8 Å². The first-order valence-corrected chi connectivity index (χ1v) is 37.7. The van der Waals surface area contributed by atoms with E-state index >= 15 is 0 Å². The highest BCUT2D eigenvalue weighted by Gasteiger charge is 2.65. The van der Waals surface area contributed by atoms with Crippen LogP contribution in [-0.2, 0) is 32.3 Å². The number of nitrogens with two attached hydrogens (primary N) is 2. The minimum atomic E-state index is -0.965. The molecule has 2 aromatic carbocycles. The molecule has 2 spiro atoms. The van der Waals surface area contributed by atoms with E-state index in [1.54, 1.807) is 6.07 Å². The number of ether oxygens (including phenoxy) is 1. The van der Waals surface area contributed by atoms with E-state index < -0.39 is 12.2 Å². The number of phenolic OH excluding ortho intramolecular Hbond substituents is 1. The first-order chi connectivity index (χ1) is 43.3. The number of allylic oxidation sites excluding steroid dienone is 2. The molecular formula is C74H108N6O7S2. The number of aromatic hydroxyl groups is 1. The van der Waals surface area contributed by atoms with Crippen LogP contribution in [0.4, 0.5) is 0 Å². The molecule has 13 nitrogen and oxygen atoms in total. The maximum Gasteiger partial charge on any atom is 0.189 e. The first-order valence-electron chi connectivity index (χ1n) is 35.2. The Bertz CT molecular complexity index is 2980. The third kappa shape index (κ3) is 14.6. The lowest BCUT2D eigenvalue weighted by Gasteiger charge is -2.53. The second-order valence-corrected chi connectivity index (χ2v) is 32.1. The van der Waals surface area contributed by atoms with Crippen molar-refractivity contribution >= 4 is 27.5 Å². The van der Waals surface area contributed by atoms with Gasteiger partial charge in [-0.1, -0.05) is 116 Å². The normalized spacial score (nSPS) is 32.8. The molecule has 2 aromatic heterocycles. The van der Waals surface area contributed by atoms with Gasteiger partial charge in [0.25, 0.3) is 0 Å². The zero-order valence-electron chi connectivity index (χ0n) is 53.6. The minimum Gasteiger partial charge on any atom is -0.504 e. The highest BCUT2D eigenvalue weighted by Crippen LogP contribution is 2.73. The van der Waals surface area contributed by atoms with Crippen molar-refractivity contribution in [3.05, 3.63) is 118 Å². The summed E-state index contributed by atoms with van der Waals surface area (Å²) in [5.41, 5.74) is 20.6. The van der Waals surface area contributed by atoms with Gasteiger partial charge in [-0.2, -0.15) is 0 Å². The molecule has 8 aliphatic carbocycles. The molecule has 1 saturated heterocycles. The van der Waals surface area contributed by atoms with E-state index in [-0.39, 0.29) is 66.4 Å². The van der Waals surface area contributed by atoms with Crippen LogP contribution < -0.4 is 26.8 Å². The fourth-order valence-electron chi connectivity index (χ4n) is 19.8. The number of hydrogen-bond donors (Lipinski definition) is 10. The Balaban J connectivity index is 0.654. The summed E-state index contributed by atoms with van der Waals surface area (Å²) in [5.74, 6) is 9.95. The van der Waals surface area contributed by atoms with Crippen LogP contribution in [0.3, 0.4) is 0 Å². The van der Waals surface area contributed by atoms with Crippen molar-refractivity contribution in [1.29, 1.82) is 0 Å². The van der Waals surface area contributed by atoms with Crippen LogP contribution in [0.25, 0.3) is 0 Å². The number of aryl methyl sites for hydroxylation is 4. The van der Waals surface area contributed by atoms with Crippen molar-refractivity contribution in [3.8, 4) is 11.5 Å². The molecule has 17 atom stereocenters. The van der Waals surface area contributed by atoms with Gasteiger partial charge in [-0.3, -0.25) is 0 Å². The number of H-pyrrole nitrogens is 1. The predicted molar refractivity (Wildman–Crippen MR) is 361 cm³/mol. The lowest BCUT2D eigenvalue weighted by molar-refractivity contribution is 0.0338. The van der Waals surface area contributed by atoms with Gasteiger partial charge in [-0.25, -0.2) is 4.99 Å². The molecule has 17 unspecified atom stereocenters. The molecule has 0 amide bonds. The third-order valence-corrected chi connectivity index (χ3v) is 26.6. The van der Waals surface area contributed by atoms with Crippen LogP contribution in [0, 0.1) is 58.2 Å². The molecule has 13 rings (SSSR count). The summed E-state index contributed by atoms with van der Waals surface area (Å²) in [4.78, 5) is 9.09. The maximum atomic E-state index is 12.0. The van der Waals surface area contributed by atoms with Crippen LogP contribution in [0.1, 0.15) is 212 Å². The topological polar surface area (TPSA) is 228 Å². The van der Waals surface area contributed by atoms with Gasteiger partial charge in [0.15, 0.2) is 17.5 Å². The Hall–Kier alpha value is -3.93. The monoisotopic (exact) mass is 1260 g/mol. The number of aliphatic imine (C=N–C) groups is 1. The van der Waals surface area contributed by atoms with Crippen molar-refractivity contribution in [2.75, 3.05) is 31.3 Å². The average molecular weight is 1260 g/mol. The molecule has 6 bridgehead atoms. The minimum absolute atomic E-state index is 0.0256. The van der Waals surface area contributed by atoms with Crippen LogP contribution in [0.15, 0.2) is 82.2 Å². The van der Waals surface area contributed by atoms with Gasteiger partial charge >= 0.3 is 0 Å². The number of aromatic nitrogens is 1. The molecular weight excluding hydrogens is 1150 g/mol. The highest BCUT2D eigenvalue weighted by molar-refractivity contribution is 8.76. The molecule has 12 N–H and O–H groups in total. The zero-order valence-corrected chi connectivity index (χ0v) is 55.2. The smallest absolute Gasteiger partial charge is 0.189 e. The standard InChI is InChI=1S/C74H108N6O7S2/c1-46-17-25-56-52-35-50(21-26-57(56)59(61(75)39-52)44-88-89-45-64(46)80-72(76)78-54-14-8-13-49(36-54)19-18-48-11-4-3-5-12-48)23-28-67-53(42-82)38-55(87-67)24-20-51-22-27-65(84)68(37-51)86-43-66(85)63-40-58-70(62(15-10-34-81)77-41-47(2)83)74-32-9-16-69(74)73(30-6-7-31-73)60(29-33-74)71(58)79-63/h3-5,11-12,22,27,29,33,37-38,40,46-47,49-50,52,54,56-57,59-62,64,66,69-70,77,79,81-85H,6-10,13-21,23-26,28,30-32,34-36,39,41-45,75H2,1-2H3,(H3,76,78,80). The molecule has 15 heteroatoms. The summed E-state index contributed by atoms with van der Waals surface area (Å²) in [6, 6.07) is 21.5. The molecule has 4 aromatic rings. The Morgan fingerprint density at radius 1 is 0.831 bits per heavy atom. The summed E-state index contributed by atoms with van der Waals surface area (Å²) < 4.78 is 12.9. The van der Waals surface area contributed by atoms with Crippen LogP contribution >= 0.6 is 21.6 Å². The number of guanidine groups is 1. The molecule has 0 radical (unpaired) electrons. The van der Waals surface area contributed by atoms with Gasteiger partial charge in [-0.15, -0.1) is 0 Å². The molecule has 3 heterocycles. The molecule has 1 aliphatic heterocycles. The van der Waals surface area contributed by atoms with Crippen LogP contribution in [-0.4, -0.2) is 98.0 Å². The highest BCUT2D eigenvalue weighted by atomic mass is 33.1. The van der Waals surface area contributed by atoms with E-state index in [9.17, 15) is 25.5 Å². The van der Waals surface area contributed by atoms with Gasteiger partial charge in [-0.05, 0) is 210 Å². The molecule has 6 fully saturated rings. The van der Waals surface area contributed by atoms with E-state index in [0.29, 0.717) is 85.0 Å². The third-order valence-electron chi connectivity index (χ3n) is 24.1. The lowest BCUT2D eigenvalue weighted by Crippen LogP contribution is -2.50. The summed E-state index contributed by atoms with van der Waals surface area (Å²) in [7, 11) is 4.00. The molecule has 488 valence electrons. The van der Waals surface area contributed by atoms with Gasteiger partial charge in [0.1, 0.15) is 24.2 Å². The van der Waals surface area contributed by atoms with Crippen LogP contribution in [0.2, 0.25) is 0 Å². The number of rotatable bonds is 23. The number of aromatic amines is 1.